The molecule has 0 atom stereocenters. The van der Waals surface area contributed by atoms with Crippen molar-refractivity contribution >= 4 is 39.5 Å². The molecule has 0 spiro atoms. The van der Waals surface area contributed by atoms with Crippen molar-refractivity contribution in [1.29, 1.82) is 0 Å². The summed E-state index contributed by atoms with van der Waals surface area (Å²) in [5, 5.41) is 1.81. The van der Waals surface area contributed by atoms with E-state index in [0.717, 1.165) is 16.5 Å². The highest BCUT2D eigenvalue weighted by atomic mass is 16.5. The zero-order valence-electron chi connectivity index (χ0n) is 19.1. The lowest BCUT2D eigenvalue weighted by molar-refractivity contribution is -0.120. The molecule has 0 radical (unpaired) electrons. The molecule has 0 aromatic heterocycles. The summed E-state index contributed by atoms with van der Waals surface area (Å²) in [7, 11) is 1.82. The summed E-state index contributed by atoms with van der Waals surface area (Å²) >= 11 is 0. The molecule has 0 N–H and O–H groups in total. The zero-order valence-corrected chi connectivity index (χ0v) is 19.1. The van der Waals surface area contributed by atoms with Crippen molar-refractivity contribution in [2.45, 2.75) is 6.92 Å². The van der Waals surface area contributed by atoms with Crippen molar-refractivity contribution in [3.63, 3.8) is 0 Å². The Hall–Kier alpha value is -4.38. The van der Waals surface area contributed by atoms with Gasteiger partial charge in [-0.05, 0) is 48.2 Å². The number of para-hydroxylation sites is 1. The van der Waals surface area contributed by atoms with E-state index < -0.39 is 0 Å². The smallest absolute Gasteiger partial charge is 0.282 e. The first-order valence-corrected chi connectivity index (χ1v) is 11.2. The number of nitrogens with zero attached hydrogens (tertiary/aromatic N) is 2. The van der Waals surface area contributed by atoms with Crippen LogP contribution in [-0.4, -0.2) is 25.5 Å². The highest BCUT2D eigenvalue weighted by molar-refractivity contribution is 6.47. The summed E-state index contributed by atoms with van der Waals surface area (Å²) in [5.74, 6) is 0.0207. The predicted octanol–water partition coefficient (Wildman–Crippen LogP) is 5.66. The van der Waals surface area contributed by atoms with Gasteiger partial charge in [-0.25, -0.2) is 4.90 Å². The Labute approximate surface area is 198 Å². The van der Waals surface area contributed by atoms with E-state index in [-0.39, 0.29) is 11.8 Å². The second-order valence-electron chi connectivity index (χ2n) is 8.02. The van der Waals surface area contributed by atoms with Gasteiger partial charge in [-0.2, -0.15) is 0 Å². The summed E-state index contributed by atoms with van der Waals surface area (Å²) in [4.78, 5) is 30.9. The highest BCUT2D eigenvalue weighted by Crippen LogP contribution is 2.38. The number of carbonyl (C=O) groups is 2. The summed E-state index contributed by atoms with van der Waals surface area (Å²) in [6, 6.07) is 30.3. The molecule has 0 unspecified atom stereocenters. The monoisotopic (exact) mass is 448 g/mol. The fourth-order valence-electron chi connectivity index (χ4n) is 4.38. The molecule has 1 aliphatic rings. The molecule has 5 heteroatoms. The number of rotatable bonds is 6. The second kappa shape index (κ2) is 8.87. The van der Waals surface area contributed by atoms with Crippen LogP contribution in [0.5, 0.6) is 5.75 Å². The van der Waals surface area contributed by atoms with E-state index in [4.69, 9.17) is 4.74 Å². The van der Waals surface area contributed by atoms with Crippen molar-refractivity contribution in [2.75, 3.05) is 23.5 Å². The van der Waals surface area contributed by atoms with Crippen LogP contribution in [-0.2, 0) is 9.59 Å². The minimum Gasteiger partial charge on any atom is -0.494 e. The van der Waals surface area contributed by atoms with Crippen molar-refractivity contribution < 1.29 is 14.3 Å². The van der Waals surface area contributed by atoms with Gasteiger partial charge in [-0.3, -0.25) is 9.59 Å². The lowest BCUT2D eigenvalue weighted by atomic mass is 10.0. The van der Waals surface area contributed by atoms with Crippen LogP contribution in [0.2, 0.25) is 0 Å². The molecule has 34 heavy (non-hydrogen) atoms. The third-order valence-corrected chi connectivity index (χ3v) is 6.00. The van der Waals surface area contributed by atoms with Crippen LogP contribution in [0.15, 0.2) is 103 Å². The number of likely N-dealkylation sites (N-methyl/N-ethyl adjacent to an activating group) is 1. The summed E-state index contributed by atoms with van der Waals surface area (Å²) in [5.41, 5.74) is 2.78. The first-order chi connectivity index (χ1) is 16.6. The fourth-order valence-corrected chi connectivity index (χ4v) is 4.38. The van der Waals surface area contributed by atoms with Crippen molar-refractivity contribution in [3.8, 4) is 5.75 Å². The molecule has 168 valence electrons. The van der Waals surface area contributed by atoms with Gasteiger partial charge < -0.3 is 9.64 Å². The molecule has 5 rings (SSSR count). The Kier molecular flexibility index (Phi) is 5.60. The number of anilines is 2. The molecule has 1 aliphatic heterocycles. The summed E-state index contributed by atoms with van der Waals surface area (Å²) < 4.78 is 5.56. The van der Waals surface area contributed by atoms with Crippen molar-refractivity contribution in [1.82, 2.24) is 0 Å². The predicted molar refractivity (Wildman–Crippen MR) is 136 cm³/mol. The number of ether oxygens (including phenoxy) is 1. The lowest BCUT2D eigenvalue weighted by Gasteiger charge is -2.22. The molecule has 0 fully saturated rings. The van der Waals surface area contributed by atoms with E-state index in [9.17, 15) is 9.59 Å². The van der Waals surface area contributed by atoms with Crippen LogP contribution in [0, 0.1) is 0 Å². The first-order valence-electron chi connectivity index (χ1n) is 11.2. The van der Waals surface area contributed by atoms with E-state index in [1.54, 1.807) is 4.90 Å². The Morgan fingerprint density at radius 2 is 1.44 bits per heavy atom. The third kappa shape index (κ3) is 3.61. The van der Waals surface area contributed by atoms with Crippen molar-refractivity contribution in [2.24, 2.45) is 0 Å². The topological polar surface area (TPSA) is 49.9 Å². The maximum atomic E-state index is 13.9. The van der Waals surface area contributed by atoms with Crippen LogP contribution in [0.1, 0.15) is 12.5 Å². The molecule has 0 aliphatic carbocycles. The first kappa shape index (κ1) is 21.5. The second-order valence-corrected chi connectivity index (χ2v) is 8.02. The largest absolute Gasteiger partial charge is 0.494 e. The molecule has 0 saturated heterocycles. The zero-order chi connectivity index (χ0) is 23.7. The Bertz CT molecular complexity index is 1400. The van der Waals surface area contributed by atoms with Gasteiger partial charge in [0.1, 0.15) is 11.4 Å². The number of benzene rings is 4. The van der Waals surface area contributed by atoms with Gasteiger partial charge in [0.2, 0.25) is 0 Å². The van der Waals surface area contributed by atoms with Crippen LogP contribution in [0.3, 0.4) is 0 Å². The number of carbonyl (C=O) groups excluding carboxylic acids is 2. The highest BCUT2D eigenvalue weighted by Gasteiger charge is 2.42. The quantitative estimate of drug-likeness (QED) is 0.357. The Morgan fingerprint density at radius 1 is 0.765 bits per heavy atom. The van der Waals surface area contributed by atoms with E-state index in [1.165, 1.54) is 4.90 Å². The molecule has 4 aromatic rings. The summed E-state index contributed by atoms with van der Waals surface area (Å²) in [6.45, 7) is 2.47. The molecular formula is C29H24N2O3. The summed E-state index contributed by atoms with van der Waals surface area (Å²) in [6.07, 6.45) is 0. The maximum absolute atomic E-state index is 13.9. The minimum absolute atomic E-state index is 0.341. The maximum Gasteiger partial charge on any atom is 0.282 e. The number of hydrogen-bond acceptors (Lipinski definition) is 4. The van der Waals surface area contributed by atoms with Crippen molar-refractivity contribution in [3.05, 3.63) is 108 Å². The minimum atomic E-state index is -0.350. The molecule has 4 aromatic carbocycles. The molecule has 0 bridgehead atoms. The van der Waals surface area contributed by atoms with Gasteiger partial charge in [0.05, 0.1) is 17.9 Å². The lowest BCUT2D eigenvalue weighted by Crippen LogP contribution is -2.34. The standard InChI is InChI=1S/C29H24N2O3/c1-3-34-23-18-16-21(17-19-23)26-27(30(2)22-12-5-4-6-13-22)29(33)31(28(26)32)25-15-9-11-20-10-7-8-14-24(20)25/h4-19H,3H2,1-2H3. The van der Waals surface area contributed by atoms with Gasteiger partial charge in [0.25, 0.3) is 11.8 Å². The SMILES string of the molecule is CCOc1ccc(C2=C(N(C)c3ccccc3)C(=O)N(c3cccc4ccccc34)C2=O)cc1. The average Bonchev–Trinajstić information content (AvgIpc) is 3.14. The van der Waals surface area contributed by atoms with E-state index in [0.29, 0.717) is 34.9 Å². The number of imide groups is 1. The Morgan fingerprint density at radius 3 is 2.18 bits per heavy atom. The van der Waals surface area contributed by atoms with Crippen LogP contribution >= 0.6 is 0 Å². The van der Waals surface area contributed by atoms with Gasteiger partial charge in [-0.15, -0.1) is 0 Å². The third-order valence-electron chi connectivity index (χ3n) is 6.00. The van der Waals surface area contributed by atoms with Crippen LogP contribution in [0.25, 0.3) is 16.3 Å². The van der Waals surface area contributed by atoms with Crippen LogP contribution < -0.4 is 14.5 Å². The van der Waals surface area contributed by atoms with Gasteiger partial charge >= 0.3 is 0 Å². The molecule has 2 amide bonds. The van der Waals surface area contributed by atoms with E-state index in [2.05, 4.69) is 0 Å². The molecular weight excluding hydrogens is 424 g/mol. The van der Waals surface area contributed by atoms with Gasteiger partial charge in [0, 0.05) is 18.1 Å². The number of amides is 2. The molecule has 1 heterocycles. The number of fused-ring (bicyclic) bond motifs is 1. The van der Waals surface area contributed by atoms with E-state index in [1.807, 2.05) is 111 Å². The fraction of sp³-hybridized carbons (Fsp3) is 0.103. The van der Waals surface area contributed by atoms with Crippen LogP contribution in [0.4, 0.5) is 11.4 Å². The normalized spacial score (nSPS) is 13.6. The Balaban J connectivity index is 1.67. The average molecular weight is 449 g/mol. The molecule has 5 nitrogen and oxygen atoms in total. The van der Waals surface area contributed by atoms with E-state index >= 15 is 0 Å². The number of hydrogen-bond donors (Lipinski definition) is 0. The van der Waals surface area contributed by atoms with Gasteiger partial charge in [0.15, 0.2) is 0 Å². The molecule has 0 saturated carbocycles. The van der Waals surface area contributed by atoms with Gasteiger partial charge in [-0.1, -0.05) is 66.7 Å².